The predicted octanol–water partition coefficient (Wildman–Crippen LogP) is 5.34. The molecule has 22 heavy (non-hydrogen) atoms. The standard InChI is InChI=1S/C13H6BBr2ClF2N2S/c15-10-3-1-8-12(13-7(17)5-6-22-13)9-2-4-11(16)21(9)14(18,19)20(8)10/h1-6H. The number of nitrogens with zero attached hydrogens (tertiary/aromatic N) is 2. The summed E-state index contributed by atoms with van der Waals surface area (Å²) in [5.41, 5.74) is 1.63. The molecule has 0 aromatic carbocycles. The fourth-order valence-electron chi connectivity index (χ4n) is 2.84. The third-order valence-electron chi connectivity index (χ3n) is 3.71. The Morgan fingerprint density at radius 1 is 1.18 bits per heavy atom. The lowest BCUT2D eigenvalue weighted by molar-refractivity contribution is -0.358. The van der Waals surface area contributed by atoms with Crippen LogP contribution in [0.5, 0.6) is 0 Å². The molecule has 2 nitrogen and oxygen atoms in total. The van der Waals surface area contributed by atoms with Crippen molar-refractivity contribution in [2.45, 2.75) is 0 Å². The molecule has 0 bridgehead atoms. The van der Waals surface area contributed by atoms with Crippen LogP contribution in [0.15, 0.2) is 46.0 Å². The van der Waals surface area contributed by atoms with Gasteiger partial charge >= 0.3 is 6.97 Å². The monoisotopic (exact) mass is 464 g/mol. The second-order valence-corrected chi connectivity index (χ2v) is 7.83. The van der Waals surface area contributed by atoms with Crippen molar-refractivity contribution >= 4 is 72.0 Å². The van der Waals surface area contributed by atoms with E-state index in [4.69, 9.17) is 11.6 Å². The number of hydrogen-bond acceptors (Lipinski definition) is 1. The summed E-state index contributed by atoms with van der Waals surface area (Å²) in [5, 5.41) is 2.41. The van der Waals surface area contributed by atoms with Gasteiger partial charge in [-0.25, -0.2) is 0 Å². The number of halogens is 5. The molecule has 2 aromatic rings. The van der Waals surface area contributed by atoms with Crippen LogP contribution in [-0.2, 0) is 0 Å². The molecule has 9 heteroatoms. The minimum absolute atomic E-state index is 0.337. The Kier molecular flexibility index (Phi) is 3.31. The fourth-order valence-corrected chi connectivity index (χ4v) is 5.19. The van der Waals surface area contributed by atoms with Crippen LogP contribution in [0.3, 0.4) is 0 Å². The molecular formula is C13H6BBr2ClF2N2S. The van der Waals surface area contributed by atoms with Crippen LogP contribution in [0.25, 0.3) is 5.57 Å². The van der Waals surface area contributed by atoms with E-state index in [-0.39, 0.29) is 0 Å². The van der Waals surface area contributed by atoms with Crippen molar-refractivity contribution in [3.05, 3.63) is 61.6 Å². The van der Waals surface area contributed by atoms with Crippen molar-refractivity contribution in [2.24, 2.45) is 0 Å². The summed E-state index contributed by atoms with van der Waals surface area (Å²) >= 11 is 14.2. The molecule has 0 radical (unpaired) electrons. The summed E-state index contributed by atoms with van der Waals surface area (Å²) in [6.45, 7) is -3.98. The van der Waals surface area contributed by atoms with Gasteiger partial charge in [-0.2, -0.15) is 0 Å². The molecule has 4 heterocycles. The highest BCUT2D eigenvalue weighted by Crippen LogP contribution is 2.44. The Morgan fingerprint density at radius 2 is 1.95 bits per heavy atom. The fraction of sp³-hybridized carbons (Fsp3) is 0. The topological polar surface area (TPSA) is 7.94 Å². The van der Waals surface area contributed by atoms with Gasteiger partial charge in [-0.05, 0) is 39.5 Å². The zero-order chi connectivity index (χ0) is 15.6. The van der Waals surface area contributed by atoms with E-state index >= 15 is 0 Å². The second-order valence-electron chi connectivity index (χ2n) is 4.88. The SMILES string of the molecule is F[B-]1(F)n2c(Br)ccc2C(c2sccc2Cl)=C2C=CC(Br)=[N+]21. The van der Waals surface area contributed by atoms with E-state index in [1.807, 2.05) is 5.38 Å². The first kappa shape index (κ1) is 14.9. The third-order valence-corrected chi connectivity index (χ3v) is 6.37. The van der Waals surface area contributed by atoms with Gasteiger partial charge < -0.3 is 17.6 Å². The van der Waals surface area contributed by atoms with E-state index in [9.17, 15) is 8.63 Å². The lowest BCUT2D eigenvalue weighted by Gasteiger charge is -2.31. The Bertz CT molecular complexity index is 913. The molecule has 2 aliphatic heterocycles. The zero-order valence-electron chi connectivity index (χ0n) is 10.7. The van der Waals surface area contributed by atoms with E-state index in [0.29, 0.717) is 31.2 Å². The number of hydrogen-bond donors (Lipinski definition) is 0. The van der Waals surface area contributed by atoms with Crippen molar-refractivity contribution in [1.82, 2.24) is 4.48 Å². The van der Waals surface area contributed by atoms with Crippen LogP contribution in [0.2, 0.25) is 5.02 Å². The first-order valence-electron chi connectivity index (χ1n) is 6.30. The maximum atomic E-state index is 15.0. The van der Waals surface area contributed by atoms with Crippen LogP contribution < -0.4 is 0 Å². The van der Waals surface area contributed by atoms with Crippen LogP contribution in [0.1, 0.15) is 10.6 Å². The quantitative estimate of drug-likeness (QED) is 0.502. The number of rotatable bonds is 1. The normalized spacial score (nSPS) is 19.0. The molecule has 0 saturated carbocycles. The van der Waals surface area contributed by atoms with Crippen LogP contribution in [0, 0.1) is 0 Å². The second kappa shape index (κ2) is 4.90. The number of allylic oxidation sites excluding steroid dienone is 2. The van der Waals surface area contributed by atoms with Gasteiger partial charge in [-0.1, -0.05) is 11.6 Å². The summed E-state index contributed by atoms with van der Waals surface area (Å²) in [5.74, 6) is 0. The Labute approximate surface area is 150 Å². The largest absolute Gasteiger partial charge is 0.738 e. The third kappa shape index (κ3) is 1.84. The molecule has 2 aliphatic rings. The Balaban J connectivity index is 2.15. The van der Waals surface area contributed by atoms with Gasteiger partial charge in [-0.3, -0.25) is 0 Å². The highest BCUT2D eigenvalue weighted by molar-refractivity contribution is 9.18. The van der Waals surface area contributed by atoms with Crippen molar-refractivity contribution < 1.29 is 13.1 Å². The molecule has 0 aliphatic carbocycles. The van der Waals surface area contributed by atoms with Gasteiger partial charge in [0.25, 0.3) is 0 Å². The van der Waals surface area contributed by atoms with Crippen molar-refractivity contribution in [3.8, 4) is 0 Å². The lowest BCUT2D eigenvalue weighted by atomic mass is 9.88. The molecule has 112 valence electrons. The minimum atomic E-state index is -3.98. The van der Waals surface area contributed by atoms with Gasteiger partial charge in [0, 0.05) is 33.8 Å². The van der Waals surface area contributed by atoms with Crippen molar-refractivity contribution in [1.29, 1.82) is 0 Å². The summed E-state index contributed by atoms with van der Waals surface area (Å²) in [7, 11) is 0. The van der Waals surface area contributed by atoms with E-state index in [2.05, 4.69) is 31.9 Å². The molecular weight excluding hydrogens is 460 g/mol. The minimum Gasteiger partial charge on any atom is -0.389 e. The van der Waals surface area contributed by atoms with Gasteiger partial charge in [0.05, 0.1) is 20.1 Å². The molecule has 0 atom stereocenters. The number of aromatic nitrogens is 1. The smallest absolute Gasteiger partial charge is 0.389 e. The first-order chi connectivity index (χ1) is 10.4. The van der Waals surface area contributed by atoms with Gasteiger partial charge in [0.1, 0.15) is 0 Å². The van der Waals surface area contributed by atoms with E-state index in [0.717, 1.165) is 13.8 Å². The van der Waals surface area contributed by atoms with Crippen LogP contribution in [0.4, 0.5) is 8.63 Å². The average Bonchev–Trinajstić information content (AvgIpc) is 3.12. The molecule has 0 spiro atoms. The molecule has 0 amide bonds. The first-order valence-corrected chi connectivity index (χ1v) is 9.14. The summed E-state index contributed by atoms with van der Waals surface area (Å²) < 4.78 is 32.7. The maximum Gasteiger partial charge on any atom is 0.738 e. The van der Waals surface area contributed by atoms with Crippen molar-refractivity contribution in [3.63, 3.8) is 0 Å². The van der Waals surface area contributed by atoms with Crippen molar-refractivity contribution in [2.75, 3.05) is 0 Å². The van der Waals surface area contributed by atoms with Crippen LogP contribution in [-0.4, -0.2) is 20.6 Å². The molecule has 0 unspecified atom stereocenters. The summed E-state index contributed by atoms with van der Waals surface area (Å²) in [6, 6.07) is 5.10. The average molecular weight is 466 g/mol. The summed E-state index contributed by atoms with van der Waals surface area (Å²) in [4.78, 5) is 0.784. The highest BCUT2D eigenvalue weighted by Gasteiger charge is 2.54. The van der Waals surface area contributed by atoms with Gasteiger partial charge in [-0.15, -0.1) is 11.3 Å². The van der Waals surface area contributed by atoms with Crippen LogP contribution >= 0.6 is 54.8 Å². The highest BCUT2D eigenvalue weighted by atomic mass is 79.9. The molecule has 2 aromatic heterocycles. The number of fused-ring (bicyclic) bond motifs is 2. The predicted molar refractivity (Wildman–Crippen MR) is 94.2 cm³/mol. The maximum absolute atomic E-state index is 15.0. The molecule has 0 N–H and O–H groups in total. The summed E-state index contributed by atoms with van der Waals surface area (Å²) in [6.07, 6.45) is 3.32. The molecule has 0 saturated heterocycles. The number of thiophene rings is 1. The molecule has 4 rings (SSSR count). The van der Waals surface area contributed by atoms with E-state index in [1.54, 1.807) is 30.4 Å². The molecule has 0 fully saturated rings. The van der Waals surface area contributed by atoms with E-state index < -0.39 is 6.97 Å². The Hall–Kier alpha value is -0.695. The van der Waals surface area contributed by atoms with E-state index in [1.165, 1.54) is 11.3 Å². The Morgan fingerprint density at radius 3 is 2.64 bits per heavy atom. The zero-order valence-corrected chi connectivity index (χ0v) is 15.5. The van der Waals surface area contributed by atoms with Gasteiger partial charge in [0.15, 0.2) is 5.70 Å². The lowest BCUT2D eigenvalue weighted by Crippen LogP contribution is -2.50. The van der Waals surface area contributed by atoms with Gasteiger partial charge in [0.2, 0.25) is 4.62 Å².